The second kappa shape index (κ2) is 7.13. The van der Waals surface area contributed by atoms with E-state index in [-0.39, 0.29) is 0 Å². The Balaban J connectivity index is 1.82. The van der Waals surface area contributed by atoms with Gasteiger partial charge in [-0.15, -0.1) is 0 Å². The summed E-state index contributed by atoms with van der Waals surface area (Å²) in [6.07, 6.45) is 3.71. The zero-order valence-electron chi connectivity index (χ0n) is 11.7. The number of aromatic nitrogens is 2. The molecule has 1 saturated heterocycles. The third kappa shape index (κ3) is 4.55. The van der Waals surface area contributed by atoms with Gasteiger partial charge in [-0.1, -0.05) is 6.92 Å². The lowest BCUT2D eigenvalue weighted by Crippen LogP contribution is -2.26. The fraction of sp³-hybridized carbons (Fsp3) is 0.692. The predicted molar refractivity (Wildman–Crippen MR) is 79.4 cm³/mol. The molecule has 2 rings (SSSR count). The molecule has 2 heterocycles. The zero-order valence-corrected chi connectivity index (χ0v) is 11.7. The number of nitrogens with one attached hydrogen (secondary N) is 2. The van der Waals surface area contributed by atoms with Gasteiger partial charge in [-0.3, -0.25) is 0 Å². The van der Waals surface area contributed by atoms with E-state index in [1.54, 1.807) is 0 Å². The van der Waals surface area contributed by atoms with E-state index in [1.807, 2.05) is 6.07 Å². The van der Waals surface area contributed by atoms with E-state index < -0.39 is 0 Å². The minimum atomic E-state index is 0.310. The van der Waals surface area contributed by atoms with Crippen LogP contribution in [-0.4, -0.2) is 47.6 Å². The smallest absolute Gasteiger partial charge is 0.223 e. The summed E-state index contributed by atoms with van der Waals surface area (Å²) in [6.45, 7) is 7.40. The van der Waals surface area contributed by atoms with E-state index in [1.165, 1.54) is 25.9 Å². The molecule has 0 bridgehead atoms. The Hall–Kier alpha value is -1.56. The van der Waals surface area contributed by atoms with Gasteiger partial charge in [0.2, 0.25) is 5.95 Å². The molecule has 6 heteroatoms. The van der Waals surface area contributed by atoms with Gasteiger partial charge in [0, 0.05) is 25.7 Å². The topological polar surface area (TPSA) is 79.1 Å². The van der Waals surface area contributed by atoms with E-state index in [9.17, 15) is 0 Å². The zero-order chi connectivity index (χ0) is 13.5. The standard InChI is InChI=1S/C13H24N6/c1-2-5-15-11-10-12(18-13(14)17-11)16-6-9-19-7-3-4-8-19/h10H,2-9H2,1H3,(H4,14,15,16,17,18). The summed E-state index contributed by atoms with van der Waals surface area (Å²) in [7, 11) is 0. The Bertz CT molecular complexity index is 389. The van der Waals surface area contributed by atoms with Crippen LogP contribution in [-0.2, 0) is 0 Å². The number of hydrogen-bond donors (Lipinski definition) is 3. The summed E-state index contributed by atoms with van der Waals surface area (Å²) in [5, 5.41) is 6.54. The molecule has 19 heavy (non-hydrogen) atoms. The van der Waals surface area contributed by atoms with Crippen LogP contribution in [0.4, 0.5) is 17.6 Å². The molecule has 106 valence electrons. The van der Waals surface area contributed by atoms with Gasteiger partial charge in [-0.05, 0) is 32.4 Å². The number of likely N-dealkylation sites (tertiary alicyclic amines) is 1. The molecule has 0 radical (unpaired) electrons. The van der Waals surface area contributed by atoms with Crippen molar-refractivity contribution in [1.82, 2.24) is 14.9 Å². The Labute approximate surface area is 114 Å². The SMILES string of the molecule is CCCNc1cc(NCCN2CCCC2)nc(N)n1. The Morgan fingerprint density at radius 3 is 2.42 bits per heavy atom. The summed E-state index contributed by atoms with van der Waals surface area (Å²) in [5.74, 6) is 1.90. The van der Waals surface area contributed by atoms with Crippen LogP contribution in [0.2, 0.25) is 0 Å². The summed E-state index contributed by atoms with van der Waals surface area (Å²) < 4.78 is 0. The molecule has 0 spiro atoms. The van der Waals surface area contributed by atoms with Crippen molar-refractivity contribution in [2.75, 3.05) is 49.1 Å². The Morgan fingerprint density at radius 2 is 1.79 bits per heavy atom. The largest absolute Gasteiger partial charge is 0.370 e. The highest BCUT2D eigenvalue weighted by atomic mass is 15.2. The normalized spacial score (nSPS) is 15.6. The first kappa shape index (κ1) is 13.9. The highest BCUT2D eigenvalue weighted by Gasteiger charge is 2.10. The fourth-order valence-corrected chi connectivity index (χ4v) is 2.25. The molecule has 0 atom stereocenters. The second-order valence-corrected chi connectivity index (χ2v) is 4.90. The van der Waals surface area contributed by atoms with Crippen molar-refractivity contribution in [3.8, 4) is 0 Å². The minimum absolute atomic E-state index is 0.310. The number of anilines is 3. The average Bonchev–Trinajstić information content (AvgIpc) is 2.89. The third-order valence-corrected chi connectivity index (χ3v) is 3.23. The van der Waals surface area contributed by atoms with Gasteiger partial charge >= 0.3 is 0 Å². The molecule has 1 fully saturated rings. The maximum absolute atomic E-state index is 5.71. The van der Waals surface area contributed by atoms with Crippen LogP contribution in [0.25, 0.3) is 0 Å². The highest BCUT2D eigenvalue weighted by Crippen LogP contribution is 2.12. The molecule has 1 aromatic rings. The first-order valence-electron chi connectivity index (χ1n) is 7.12. The number of rotatable bonds is 7. The number of nitrogens with zero attached hydrogens (tertiary/aromatic N) is 3. The van der Waals surface area contributed by atoms with Crippen molar-refractivity contribution >= 4 is 17.6 Å². The van der Waals surface area contributed by atoms with Crippen LogP contribution in [0.5, 0.6) is 0 Å². The van der Waals surface area contributed by atoms with Gasteiger partial charge in [0.1, 0.15) is 11.6 Å². The van der Waals surface area contributed by atoms with E-state index in [0.29, 0.717) is 5.95 Å². The predicted octanol–water partition coefficient (Wildman–Crippen LogP) is 1.39. The van der Waals surface area contributed by atoms with Crippen molar-refractivity contribution in [3.05, 3.63) is 6.07 Å². The lowest BCUT2D eigenvalue weighted by atomic mass is 10.4. The minimum Gasteiger partial charge on any atom is -0.370 e. The van der Waals surface area contributed by atoms with Crippen molar-refractivity contribution in [3.63, 3.8) is 0 Å². The summed E-state index contributed by atoms with van der Waals surface area (Å²) in [4.78, 5) is 10.8. The van der Waals surface area contributed by atoms with Crippen LogP contribution in [0.1, 0.15) is 26.2 Å². The van der Waals surface area contributed by atoms with Gasteiger partial charge in [0.05, 0.1) is 0 Å². The van der Waals surface area contributed by atoms with Crippen LogP contribution >= 0.6 is 0 Å². The van der Waals surface area contributed by atoms with E-state index in [4.69, 9.17) is 5.73 Å². The maximum atomic E-state index is 5.71. The summed E-state index contributed by atoms with van der Waals surface area (Å²) in [6, 6.07) is 1.91. The maximum Gasteiger partial charge on any atom is 0.223 e. The lowest BCUT2D eigenvalue weighted by molar-refractivity contribution is 0.352. The molecule has 1 aliphatic rings. The number of hydrogen-bond acceptors (Lipinski definition) is 6. The molecule has 4 N–H and O–H groups in total. The molecule has 1 aliphatic heterocycles. The van der Waals surface area contributed by atoms with E-state index in [0.717, 1.165) is 37.7 Å². The van der Waals surface area contributed by atoms with Gasteiger partial charge in [0.15, 0.2) is 0 Å². The third-order valence-electron chi connectivity index (χ3n) is 3.23. The number of nitrogens with two attached hydrogens (primary N) is 1. The fourth-order valence-electron chi connectivity index (χ4n) is 2.25. The highest BCUT2D eigenvalue weighted by molar-refractivity contribution is 5.50. The Morgan fingerprint density at radius 1 is 1.16 bits per heavy atom. The molecular weight excluding hydrogens is 240 g/mol. The second-order valence-electron chi connectivity index (χ2n) is 4.90. The molecular formula is C13H24N6. The summed E-state index contributed by atoms with van der Waals surface area (Å²) >= 11 is 0. The van der Waals surface area contributed by atoms with E-state index in [2.05, 4.69) is 32.4 Å². The van der Waals surface area contributed by atoms with Gasteiger partial charge in [0.25, 0.3) is 0 Å². The van der Waals surface area contributed by atoms with E-state index >= 15 is 0 Å². The average molecular weight is 264 g/mol. The van der Waals surface area contributed by atoms with Crippen LogP contribution in [0.15, 0.2) is 6.07 Å². The van der Waals surface area contributed by atoms with Crippen molar-refractivity contribution in [1.29, 1.82) is 0 Å². The van der Waals surface area contributed by atoms with Crippen molar-refractivity contribution in [2.24, 2.45) is 0 Å². The van der Waals surface area contributed by atoms with Crippen LogP contribution < -0.4 is 16.4 Å². The molecule has 0 unspecified atom stereocenters. The molecule has 0 amide bonds. The number of nitrogen functional groups attached to an aromatic ring is 1. The molecule has 0 saturated carbocycles. The lowest BCUT2D eigenvalue weighted by Gasteiger charge is -2.15. The van der Waals surface area contributed by atoms with Gasteiger partial charge in [-0.25, -0.2) is 0 Å². The quantitative estimate of drug-likeness (QED) is 0.690. The van der Waals surface area contributed by atoms with Crippen LogP contribution in [0, 0.1) is 0 Å². The first-order valence-corrected chi connectivity index (χ1v) is 7.12. The Kier molecular flexibility index (Phi) is 5.20. The molecule has 0 aliphatic carbocycles. The first-order chi connectivity index (χ1) is 9.28. The van der Waals surface area contributed by atoms with Crippen molar-refractivity contribution < 1.29 is 0 Å². The van der Waals surface area contributed by atoms with Crippen molar-refractivity contribution in [2.45, 2.75) is 26.2 Å². The summed E-state index contributed by atoms with van der Waals surface area (Å²) in [5.41, 5.74) is 5.71. The van der Waals surface area contributed by atoms with Gasteiger partial charge in [-0.2, -0.15) is 9.97 Å². The monoisotopic (exact) mass is 264 g/mol. The van der Waals surface area contributed by atoms with Gasteiger partial charge < -0.3 is 21.3 Å². The molecule has 1 aromatic heterocycles. The molecule has 0 aromatic carbocycles. The van der Waals surface area contributed by atoms with Crippen LogP contribution in [0.3, 0.4) is 0 Å². The molecule has 6 nitrogen and oxygen atoms in total.